The Bertz CT molecular complexity index is 894. The van der Waals surface area contributed by atoms with Gasteiger partial charge in [0.05, 0.1) is 0 Å². The zero-order valence-electron chi connectivity index (χ0n) is 17.0. The van der Waals surface area contributed by atoms with E-state index in [1.807, 2.05) is 26.8 Å². The topological polar surface area (TPSA) is 69.7 Å². The first kappa shape index (κ1) is 21.4. The molecule has 0 amide bonds. The van der Waals surface area contributed by atoms with E-state index in [-0.39, 0.29) is 24.8 Å². The number of hydrogen-bond acceptors (Lipinski definition) is 5. The molecule has 0 saturated carbocycles. The largest absolute Gasteiger partial charge is 0.482 e. The van der Waals surface area contributed by atoms with Gasteiger partial charge in [-0.25, -0.2) is 4.79 Å². The Labute approximate surface area is 165 Å². The molecule has 2 aromatic carbocycles. The van der Waals surface area contributed by atoms with E-state index in [9.17, 15) is 14.4 Å². The molecule has 5 heteroatoms. The second-order valence-corrected chi connectivity index (χ2v) is 6.80. The maximum absolute atomic E-state index is 12.1. The van der Waals surface area contributed by atoms with Crippen molar-refractivity contribution in [1.82, 2.24) is 0 Å². The standard InChI is InChI=1S/C23H26O5/c1-6-21(25)18-7-9-19(10-8-18)27-13-22(26)28-12-20-14(2)11-15(3)23(16(20)4)17(5)24/h7-11H,6,12-13H2,1-5H3. The summed E-state index contributed by atoms with van der Waals surface area (Å²) in [7, 11) is 0. The van der Waals surface area contributed by atoms with Crippen molar-refractivity contribution in [1.29, 1.82) is 0 Å². The molecule has 2 rings (SSSR count). The Hall–Kier alpha value is -2.95. The lowest BCUT2D eigenvalue weighted by atomic mass is 9.92. The van der Waals surface area contributed by atoms with Crippen molar-refractivity contribution in [3.8, 4) is 5.75 Å². The molecule has 0 heterocycles. The average Bonchev–Trinajstić information content (AvgIpc) is 2.65. The van der Waals surface area contributed by atoms with Crippen LogP contribution in [0.1, 0.15) is 63.2 Å². The summed E-state index contributed by atoms with van der Waals surface area (Å²) in [5.74, 6) is 0.0410. The van der Waals surface area contributed by atoms with Crippen LogP contribution in [0.2, 0.25) is 0 Å². The third kappa shape index (κ3) is 5.06. The molecule has 0 atom stereocenters. The molecule has 0 aliphatic carbocycles. The molecule has 28 heavy (non-hydrogen) atoms. The smallest absolute Gasteiger partial charge is 0.344 e. The lowest BCUT2D eigenvalue weighted by Gasteiger charge is -2.16. The van der Waals surface area contributed by atoms with E-state index in [2.05, 4.69) is 0 Å². The highest BCUT2D eigenvalue weighted by Crippen LogP contribution is 2.23. The first-order chi connectivity index (χ1) is 13.2. The Morgan fingerprint density at radius 1 is 0.964 bits per heavy atom. The van der Waals surface area contributed by atoms with Crippen LogP contribution in [0.4, 0.5) is 0 Å². The van der Waals surface area contributed by atoms with Gasteiger partial charge in [0.2, 0.25) is 0 Å². The van der Waals surface area contributed by atoms with Crippen molar-refractivity contribution in [2.45, 2.75) is 47.6 Å². The van der Waals surface area contributed by atoms with E-state index in [1.165, 1.54) is 6.92 Å². The van der Waals surface area contributed by atoms with Crippen LogP contribution < -0.4 is 4.74 Å². The van der Waals surface area contributed by atoms with Gasteiger partial charge in [-0.05, 0) is 74.2 Å². The van der Waals surface area contributed by atoms with Crippen LogP contribution in [-0.4, -0.2) is 24.1 Å². The van der Waals surface area contributed by atoms with Crippen molar-refractivity contribution in [2.24, 2.45) is 0 Å². The van der Waals surface area contributed by atoms with Crippen LogP contribution in [0.3, 0.4) is 0 Å². The number of carbonyl (C=O) groups is 3. The van der Waals surface area contributed by atoms with Crippen molar-refractivity contribution in [3.63, 3.8) is 0 Å². The number of aryl methyl sites for hydroxylation is 2. The molecule has 0 fully saturated rings. The minimum absolute atomic E-state index is 0.00379. The molecule has 0 aliphatic heterocycles. The van der Waals surface area contributed by atoms with Gasteiger partial charge in [-0.2, -0.15) is 0 Å². The summed E-state index contributed by atoms with van der Waals surface area (Å²) in [5.41, 5.74) is 4.87. The van der Waals surface area contributed by atoms with Gasteiger partial charge >= 0.3 is 5.97 Å². The Kier molecular flexibility index (Phi) is 7.10. The van der Waals surface area contributed by atoms with Crippen LogP contribution in [0.15, 0.2) is 30.3 Å². The van der Waals surface area contributed by atoms with Crippen LogP contribution in [0.25, 0.3) is 0 Å². The molecule has 0 unspecified atom stereocenters. The van der Waals surface area contributed by atoms with Crippen molar-refractivity contribution >= 4 is 17.5 Å². The first-order valence-electron chi connectivity index (χ1n) is 9.26. The molecule has 0 spiro atoms. The minimum Gasteiger partial charge on any atom is -0.482 e. The van der Waals surface area contributed by atoms with E-state index in [1.54, 1.807) is 31.2 Å². The summed E-state index contributed by atoms with van der Waals surface area (Å²) >= 11 is 0. The first-order valence-corrected chi connectivity index (χ1v) is 9.26. The highest BCUT2D eigenvalue weighted by Gasteiger charge is 2.16. The number of hydrogen-bond donors (Lipinski definition) is 0. The monoisotopic (exact) mass is 382 g/mol. The van der Waals surface area contributed by atoms with E-state index in [0.29, 0.717) is 23.3 Å². The van der Waals surface area contributed by atoms with E-state index < -0.39 is 5.97 Å². The van der Waals surface area contributed by atoms with Crippen LogP contribution in [0, 0.1) is 20.8 Å². The van der Waals surface area contributed by atoms with Gasteiger partial charge < -0.3 is 9.47 Å². The fraction of sp³-hybridized carbons (Fsp3) is 0.348. The predicted molar refractivity (Wildman–Crippen MR) is 107 cm³/mol. The lowest BCUT2D eigenvalue weighted by molar-refractivity contribution is -0.147. The SMILES string of the molecule is CCC(=O)c1ccc(OCC(=O)OCc2c(C)cc(C)c(C(C)=O)c2C)cc1. The third-order valence-corrected chi connectivity index (χ3v) is 4.71. The predicted octanol–water partition coefficient (Wildman–Crippen LogP) is 4.53. The summed E-state index contributed by atoms with van der Waals surface area (Å²) in [5, 5.41) is 0. The summed E-state index contributed by atoms with van der Waals surface area (Å²) in [4.78, 5) is 35.6. The molecule has 5 nitrogen and oxygen atoms in total. The highest BCUT2D eigenvalue weighted by molar-refractivity contribution is 5.97. The van der Waals surface area contributed by atoms with Crippen molar-refractivity contribution < 1.29 is 23.9 Å². The molecule has 0 saturated heterocycles. The lowest BCUT2D eigenvalue weighted by Crippen LogP contribution is -2.16. The minimum atomic E-state index is -0.502. The molecule has 2 aromatic rings. The Morgan fingerprint density at radius 2 is 1.61 bits per heavy atom. The molecule has 0 radical (unpaired) electrons. The second-order valence-electron chi connectivity index (χ2n) is 6.80. The van der Waals surface area contributed by atoms with Gasteiger partial charge in [0.25, 0.3) is 0 Å². The number of ether oxygens (including phenoxy) is 2. The quantitative estimate of drug-likeness (QED) is 0.496. The van der Waals surface area contributed by atoms with E-state index in [0.717, 1.165) is 22.3 Å². The van der Waals surface area contributed by atoms with Gasteiger partial charge in [-0.15, -0.1) is 0 Å². The number of rotatable bonds is 8. The van der Waals surface area contributed by atoms with E-state index in [4.69, 9.17) is 9.47 Å². The van der Waals surface area contributed by atoms with Gasteiger partial charge in [-0.3, -0.25) is 9.59 Å². The normalized spacial score (nSPS) is 10.5. The summed E-state index contributed by atoms with van der Waals surface area (Å²) in [6, 6.07) is 8.60. The van der Waals surface area contributed by atoms with Crippen LogP contribution in [0.5, 0.6) is 5.75 Å². The summed E-state index contributed by atoms with van der Waals surface area (Å²) < 4.78 is 10.8. The van der Waals surface area contributed by atoms with Crippen molar-refractivity contribution in [3.05, 3.63) is 63.7 Å². The Balaban J connectivity index is 1.97. The number of ketones is 2. The van der Waals surface area contributed by atoms with Crippen LogP contribution in [-0.2, 0) is 16.1 Å². The van der Waals surface area contributed by atoms with Gasteiger partial charge in [0, 0.05) is 17.5 Å². The molecule has 0 bridgehead atoms. The van der Waals surface area contributed by atoms with E-state index >= 15 is 0 Å². The van der Waals surface area contributed by atoms with Crippen molar-refractivity contribution in [2.75, 3.05) is 6.61 Å². The van der Waals surface area contributed by atoms with Crippen LogP contribution >= 0.6 is 0 Å². The number of Topliss-reactive ketones (excluding diaryl/α,β-unsaturated/α-hetero) is 2. The maximum Gasteiger partial charge on any atom is 0.344 e. The average molecular weight is 382 g/mol. The summed E-state index contributed by atoms with van der Waals surface area (Å²) in [6.07, 6.45) is 0.440. The molecular formula is C23H26O5. The zero-order chi connectivity index (χ0) is 20.8. The number of esters is 1. The number of benzene rings is 2. The highest BCUT2D eigenvalue weighted by atomic mass is 16.6. The third-order valence-electron chi connectivity index (χ3n) is 4.71. The molecule has 0 N–H and O–H groups in total. The molecular weight excluding hydrogens is 356 g/mol. The molecule has 0 aromatic heterocycles. The zero-order valence-corrected chi connectivity index (χ0v) is 17.0. The van der Waals surface area contributed by atoms with Gasteiger partial charge in [0.1, 0.15) is 12.4 Å². The Morgan fingerprint density at radius 3 is 2.18 bits per heavy atom. The molecule has 148 valence electrons. The fourth-order valence-electron chi connectivity index (χ4n) is 3.27. The maximum atomic E-state index is 12.1. The second kappa shape index (κ2) is 9.31. The van der Waals surface area contributed by atoms with Gasteiger partial charge in [0.15, 0.2) is 18.2 Å². The van der Waals surface area contributed by atoms with Gasteiger partial charge in [-0.1, -0.05) is 13.0 Å². The molecule has 0 aliphatic rings. The fourth-order valence-corrected chi connectivity index (χ4v) is 3.27. The summed E-state index contributed by atoms with van der Waals surface area (Å²) in [6.45, 7) is 8.90. The number of carbonyl (C=O) groups excluding carboxylic acids is 3.